The molecule has 2 aliphatic heterocycles. The van der Waals surface area contributed by atoms with E-state index >= 15 is 0 Å². The van der Waals surface area contributed by atoms with Crippen LogP contribution in [0.3, 0.4) is 0 Å². The average molecular weight is 375 g/mol. The molecule has 2 saturated heterocycles. The van der Waals surface area contributed by atoms with Gasteiger partial charge in [0.15, 0.2) is 0 Å². The van der Waals surface area contributed by atoms with Crippen LogP contribution in [0.4, 0.5) is 0 Å². The highest BCUT2D eigenvalue weighted by Gasteiger charge is 2.28. The van der Waals surface area contributed by atoms with Crippen LogP contribution in [-0.4, -0.2) is 71.7 Å². The fourth-order valence-corrected chi connectivity index (χ4v) is 4.44. The highest BCUT2D eigenvalue weighted by Crippen LogP contribution is 2.30. The number of likely N-dealkylation sites (tertiary alicyclic amines) is 2. The lowest BCUT2D eigenvalue weighted by atomic mass is 9.89. The molecule has 0 amide bonds. The number of rotatable bonds is 8. The molecular formula is C22H38N4O. The molecule has 5 nitrogen and oxygen atoms in total. The molecule has 5 heteroatoms. The van der Waals surface area contributed by atoms with E-state index in [9.17, 15) is 0 Å². The van der Waals surface area contributed by atoms with Crippen molar-refractivity contribution in [1.82, 2.24) is 19.8 Å². The molecule has 0 aromatic carbocycles. The Hall–Kier alpha value is -1.04. The second-order valence-electron chi connectivity index (χ2n) is 8.26. The fourth-order valence-electron chi connectivity index (χ4n) is 4.44. The first-order valence-electron chi connectivity index (χ1n) is 11.1. The minimum absolute atomic E-state index is 0.459. The predicted octanol–water partition coefficient (Wildman–Crippen LogP) is 3.67. The maximum absolute atomic E-state index is 5.50. The van der Waals surface area contributed by atoms with Crippen molar-refractivity contribution in [2.75, 3.05) is 45.9 Å². The zero-order valence-electron chi connectivity index (χ0n) is 17.6. The van der Waals surface area contributed by atoms with Crippen molar-refractivity contribution in [2.45, 2.75) is 70.8 Å². The largest absolute Gasteiger partial charge is 0.380 e. The molecule has 27 heavy (non-hydrogen) atoms. The molecule has 2 fully saturated rings. The van der Waals surface area contributed by atoms with E-state index in [0.717, 1.165) is 38.0 Å². The first kappa shape index (κ1) is 20.7. The van der Waals surface area contributed by atoms with Gasteiger partial charge < -0.3 is 14.5 Å². The highest BCUT2D eigenvalue weighted by molar-refractivity contribution is 5.14. The average Bonchev–Trinajstić information content (AvgIpc) is 2.74. The molecule has 2 aliphatic rings. The van der Waals surface area contributed by atoms with Gasteiger partial charge in [0.1, 0.15) is 5.82 Å². The Morgan fingerprint density at radius 3 is 2.30 bits per heavy atom. The third-order valence-corrected chi connectivity index (χ3v) is 6.58. The van der Waals surface area contributed by atoms with E-state index < -0.39 is 0 Å². The summed E-state index contributed by atoms with van der Waals surface area (Å²) >= 11 is 0. The van der Waals surface area contributed by atoms with Crippen molar-refractivity contribution in [3.05, 3.63) is 23.8 Å². The fraction of sp³-hybridized carbons (Fsp3) is 0.818. The molecule has 1 aromatic heterocycles. The van der Waals surface area contributed by atoms with Crippen molar-refractivity contribution in [3.63, 3.8) is 0 Å². The lowest BCUT2D eigenvalue weighted by molar-refractivity contribution is 0.0647. The molecule has 0 N–H and O–H groups in total. The van der Waals surface area contributed by atoms with Crippen LogP contribution in [0.15, 0.2) is 12.4 Å². The second kappa shape index (κ2) is 10.5. The third kappa shape index (κ3) is 5.72. The molecular weight excluding hydrogens is 336 g/mol. The quantitative estimate of drug-likeness (QED) is 0.650. The number of ether oxygens (including phenoxy) is 1. The van der Waals surface area contributed by atoms with Gasteiger partial charge in [-0.1, -0.05) is 13.8 Å². The van der Waals surface area contributed by atoms with E-state index in [1.807, 2.05) is 0 Å². The van der Waals surface area contributed by atoms with Gasteiger partial charge in [-0.25, -0.2) is 9.97 Å². The number of piperidine rings is 2. The van der Waals surface area contributed by atoms with E-state index in [-0.39, 0.29) is 0 Å². The number of hydrogen-bond donors (Lipinski definition) is 0. The van der Waals surface area contributed by atoms with Crippen LogP contribution >= 0.6 is 0 Å². The SMILES string of the molecule is CCOCCN1CCC(N2CCC(c3cnc(C(C)CC)nc3)CC2)CC1. The summed E-state index contributed by atoms with van der Waals surface area (Å²) in [6.45, 7) is 14.2. The van der Waals surface area contributed by atoms with Crippen LogP contribution in [0.2, 0.25) is 0 Å². The smallest absolute Gasteiger partial charge is 0.131 e. The van der Waals surface area contributed by atoms with Crippen LogP contribution in [0.25, 0.3) is 0 Å². The van der Waals surface area contributed by atoms with Crippen molar-refractivity contribution in [2.24, 2.45) is 0 Å². The number of nitrogens with zero attached hydrogens (tertiary/aromatic N) is 4. The van der Waals surface area contributed by atoms with Crippen molar-refractivity contribution in [1.29, 1.82) is 0 Å². The Balaban J connectivity index is 1.41. The summed E-state index contributed by atoms with van der Waals surface area (Å²) in [5.74, 6) is 2.09. The van der Waals surface area contributed by atoms with E-state index in [1.54, 1.807) is 0 Å². The van der Waals surface area contributed by atoms with Crippen LogP contribution in [-0.2, 0) is 4.74 Å². The standard InChI is InChI=1S/C22H38N4O/c1-4-18(3)22-23-16-20(17-24-22)19-6-12-26(13-7-19)21-8-10-25(11-9-21)14-15-27-5-2/h16-19,21H,4-15H2,1-3H3. The van der Waals surface area contributed by atoms with Gasteiger partial charge in [-0.2, -0.15) is 0 Å². The molecule has 1 aromatic rings. The second-order valence-corrected chi connectivity index (χ2v) is 8.26. The Morgan fingerprint density at radius 2 is 1.70 bits per heavy atom. The summed E-state index contributed by atoms with van der Waals surface area (Å²) in [5, 5.41) is 0. The molecule has 0 radical (unpaired) electrons. The van der Waals surface area contributed by atoms with E-state index in [0.29, 0.717) is 11.8 Å². The first-order valence-corrected chi connectivity index (χ1v) is 11.1. The van der Waals surface area contributed by atoms with Crippen LogP contribution in [0.5, 0.6) is 0 Å². The van der Waals surface area contributed by atoms with Crippen LogP contribution in [0.1, 0.15) is 76.1 Å². The highest BCUT2D eigenvalue weighted by atomic mass is 16.5. The molecule has 3 heterocycles. The molecule has 0 spiro atoms. The third-order valence-electron chi connectivity index (χ3n) is 6.58. The summed E-state index contributed by atoms with van der Waals surface area (Å²) in [4.78, 5) is 14.6. The van der Waals surface area contributed by atoms with Crippen LogP contribution in [0, 0.1) is 0 Å². The van der Waals surface area contributed by atoms with Gasteiger partial charge in [-0.3, -0.25) is 0 Å². The Kier molecular flexibility index (Phi) is 8.04. The van der Waals surface area contributed by atoms with Crippen LogP contribution < -0.4 is 0 Å². The van der Waals surface area contributed by atoms with Gasteiger partial charge in [-0.05, 0) is 76.7 Å². The number of hydrogen-bond acceptors (Lipinski definition) is 5. The van der Waals surface area contributed by atoms with Gasteiger partial charge in [0.05, 0.1) is 6.61 Å². The van der Waals surface area contributed by atoms with Gasteiger partial charge in [0, 0.05) is 37.5 Å². The normalized spacial score (nSPS) is 22.2. The Bertz CT molecular complexity index is 534. The van der Waals surface area contributed by atoms with Crippen molar-refractivity contribution < 1.29 is 4.74 Å². The molecule has 152 valence electrons. The minimum atomic E-state index is 0.459. The first-order chi connectivity index (χ1) is 13.2. The zero-order chi connectivity index (χ0) is 19.1. The van der Waals surface area contributed by atoms with Crippen molar-refractivity contribution in [3.8, 4) is 0 Å². The minimum Gasteiger partial charge on any atom is -0.380 e. The van der Waals surface area contributed by atoms with Crippen molar-refractivity contribution >= 4 is 0 Å². The van der Waals surface area contributed by atoms with E-state index in [2.05, 4.69) is 52.9 Å². The maximum Gasteiger partial charge on any atom is 0.131 e. The van der Waals surface area contributed by atoms with Gasteiger partial charge in [0.2, 0.25) is 0 Å². The van der Waals surface area contributed by atoms with Gasteiger partial charge in [-0.15, -0.1) is 0 Å². The lowest BCUT2D eigenvalue weighted by Crippen LogP contribution is -2.48. The number of aromatic nitrogens is 2. The lowest BCUT2D eigenvalue weighted by Gasteiger charge is -2.41. The summed E-state index contributed by atoms with van der Waals surface area (Å²) in [6, 6.07) is 0.776. The molecule has 0 aliphatic carbocycles. The molecule has 1 atom stereocenters. The topological polar surface area (TPSA) is 41.5 Å². The zero-order valence-corrected chi connectivity index (χ0v) is 17.6. The molecule has 0 saturated carbocycles. The predicted molar refractivity (Wildman–Crippen MR) is 110 cm³/mol. The summed E-state index contributed by atoms with van der Waals surface area (Å²) in [6.07, 6.45) is 10.4. The van der Waals surface area contributed by atoms with E-state index in [1.165, 1.54) is 57.4 Å². The summed E-state index contributed by atoms with van der Waals surface area (Å²) in [7, 11) is 0. The monoisotopic (exact) mass is 374 g/mol. The van der Waals surface area contributed by atoms with Gasteiger partial charge >= 0.3 is 0 Å². The van der Waals surface area contributed by atoms with Gasteiger partial charge in [0.25, 0.3) is 0 Å². The summed E-state index contributed by atoms with van der Waals surface area (Å²) < 4.78 is 5.50. The summed E-state index contributed by atoms with van der Waals surface area (Å²) in [5.41, 5.74) is 1.34. The Morgan fingerprint density at radius 1 is 1.04 bits per heavy atom. The molecule has 0 bridgehead atoms. The molecule has 3 rings (SSSR count). The molecule has 1 unspecified atom stereocenters. The Labute approximate surface area is 165 Å². The van der Waals surface area contributed by atoms with E-state index in [4.69, 9.17) is 4.74 Å². The maximum atomic E-state index is 5.50.